The Morgan fingerprint density at radius 2 is 0.861 bits per heavy atom. The predicted molar refractivity (Wildman–Crippen MR) is 416 cm³/mol. The van der Waals surface area contributed by atoms with E-state index in [0.717, 1.165) is 86.8 Å². The van der Waals surface area contributed by atoms with Crippen molar-refractivity contribution >= 4 is 202 Å². The van der Waals surface area contributed by atoms with Gasteiger partial charge in [0.2, 0.25) is 10.3 Å². The molecule has 0 atom stereocenters. The van der Waals surface area contributed by atoms with E-state index in [1.807, 2.05) is 103 Å². The lowest BCUT2D eigenvalue weighted by molar-refractivity contribution is 0.108. The van der Waals surface area contributed by atoms with E-state index >= 15 is 0 Å². The minimum Gasteiger partial charge on any atom is -0.373 e. The van der Waals surface area contributed by atoms with Gasteiger partial charge in [-0.1, -0.05) is 111 Å². The molecule has 14 aromatic heterocycles. The molecule has 1 N–H and O–H groups in total. The lowest BCUT2D eigenvalue weighted by atomic mass is 9.87. The second kappa shape index (κ2) is 39.2. The fourth-order valence-corrected chi connectivity index (χ4v) is 13.7. The number of aliphatic hydroxyl groups is 1. The second-order valence-electron chi connectivity index (χ2n) is 19.0. The molecule has 24 nitrogen and oxygen atoms in total. The fraction of sp³-hybridized carbons (Fsp3) is 0.141. The zero-order valence-electron chi connectivity index (χ0n) is 53.9. The Hall–Kier alpha value is -6.78. The van der Waals surface area contributed by atoms with Crippen LogP contribution in [0.1, 0.15) is 27.3 Å². The smallest absolute Gasteiger partial charge is 0.255 e. The molecule has 0 aromatic carbocycles. The number of carbonyl (C=O) groups is 1. The molecule has 0 amide bonds. The monoisotopic (exact) mass is 1690 g/mol. The second-order valence-corrected chi connectivity index (χ2v) is 27.9. The maximum atomic E-state index is 11.7. The highest BCUT2D eigenvalue weighted by Crippen LogP contribution is 2.40. The molecule has 14 heterocycles. The van der Waals surface area contributed by atoms with Crippen molar-refractivity contribution in [2.75, 3.05) is 51.8 Å². The van der Waals surface area contributed by atoms with Crippen molar-refractivity contribution in [2.24, 2.45) is 0 Å². The Balaban J connectivity index is 0.000000149. The van der Waals surface area contributed by atoms with Crippen LogP contribution in [0.15, 0.2) is 213 Å². The first-order valence-corrected chi connectivity index (χ1v) is 40.1. The molecule has 0 fully saturated rings. The Labute approximate surface area is 646 Å². The molecule has 0 radical (unpaired) electrons. The summed E-state index contributed by atoms with van der Waals surface area (Å²) < 4.78 is 15.3. The normalized spacial score (nSPS) is 10.9. The Bertz CT molecular complexity index is 5040. The van der Waals surface area contributed by atoms with Gasteiger partial charge in [-0.05, 0) is 163 Å². The van der Waals surface area contributed by atoms with E-state index < -0.39 is 10.8 Å². The summed E-state index contributed by atoms with van der Waals surface area (Å²) in [4.78, 5) is 87.2. The number of hydrogen-bond acceptors (Lipinski definition) is 30. The van der Waals surface area contributed by atoms with Gasteiger partial charge in [0, 0.05) is 102 Å². The summed E-state index contributed by atoms with van der Waals surface area (Å²) >= 11 is 35.9. The van der Waals surface area contributed by atoms with E-state index in [-0.39, 0.29) is 15.9 Å². The van der Waals surface area contributed by atoms with Gasteiger partial charge in [0.15, 0.2) is 36.5 Å². The molecule has 37 heteroatoms. The molecule has 14 rings (SSSR count). The third-order valence-electron chi connectivity index (χ3n) is 13.3. The molecule has 0 aliphatic rings. The van der Waals surface area contributed by atoms with Crippen molar-refractivity contribution in [3.8, 4) is 22.5 Å². The summed E-state index contributed by atoms with van der Waals surface area (Å²) in [6.45, 7) is 0. The van der Waals surface area contributed by atoms with Crippen molar-refractivity contribution in [3.63, 3.8) is 0 Å². The highest BCUT2D eigenvalue weighted by atomic mass is 127. The van der Waals surface area contributed by atoms with Crippen LogP contribution in [-0.4, -0.2) is 161 Å². The molecule has 0 bridgehead atoms. The van der Waals surface area contributed by atoms with Crippen molar-refractivity contribution in [1.82, 2.24) is 98.5 Å². The van der Waals surface area contributed by atoms with E-state index in [1.54, 1.807) is 130 Å². The molecule has 0 saturated heterocycles. The summed E-state index contributed by atoms with van der Waals surface area (Å²) in [5, 5.41) is 19.6. The summed E-state index contributed by atoms with van der Waals surface area (Å²) in [5.41, 5.74) is 7.17. The number of carbonyl (C=O) groups excluding carboxylic acids is 1. The van der Waals surface area contributed by atoms with Crippen molar-refractivity contribution in [1.29, 1.82) is 0 Å². The zero-order valence-corrected chi connectivity index (χ0v) is 65.7. The van der Waals surface area contributed by atoms with Crippen molar-refractivity contribution in [2.45, 2.75) is 46.9 Å². The van der Waals surface area contributed by atoms with Crippen LogP contribution in [0.2, 0.25) is 15.5 Å². The number of pyridine rings is 4. The zero-order chi connectivity index (χ0) is 71.8. The average molecular weight is 1690 g/mol. The van der Waals surface area contributed by atoms with Gasteiger partial charge in [-0.15, -0.1) is 0 Å². The first-order valence-electron chi connectivity index (χ1n) is 28.7. The molecule has 0 saturated carbocycles. The van der Waals surface area contributed by atoms with E-state index in [9.17, 15) is 9.90 Å². The van der Waals surface area contributed by atoms with Gasteiger partial charge in [-0.25, -0.2) is 89.7 Å². The third kappa shape index (κ3) is 19.9. The Morgan fingerprint density at radius 1 is 0.436 bits per heavy atom. The van der Waals surface area contributed by atoms with E-state index in [1.165, 1.54) is 71.4 Å². The number of nitrogens with zero attached hydrogens (tertiary/aromatic N) is 20. The minimum atomic E-state index is -1.67. The molecule has 0 aliphatic carbocycles. The van der Waals surface area contributed by atoms with Crippen LogP contribution < -0.4 is 0 Å². The van der Waals surface area contributed by atoms with Gasteiger partial charge in [-0.3, -0.25) is 13.6 Å². The first kappa shape index (κ1) is 78.4. The van der Waals surface area contributed by atoms with Crippen LogP contribution >= 0.6 is 164 Å². The highest BCUT2D eigenvalue weighted by Gasteiger charge is 2.40. The topological polar surface area (TPSA) is 297 Å². The van der Waals surface area contributed by atoms with Crippen molar-refractivity contribution in [3.05, 3.63) is 213 Å². The summed E-state index contributed by atoms with van der Waals surface area (Å²) in [5.74, 6) is 0. The van der Waals surface area contributed by atoms with Crippen LogP contribution in [0.5, 0.6) is 0 Å². The summed E-state index contributed by atoms with van der Waals surface area (Å²) in [6, 6.07) is 29.1. The van der Waals surface area contributed by atoms with Crippen molar-refractivity contribution < 1.29 is 18.3 Å². The lowest BCUT2D eigenvalue weighted by Crippen LogP contribution is -2.32. The molecular formula is C64H53Cl4IN20O4S8. The van der Waals surface area contributed by atoms with Gasteiger partial charge >= 0.3 is 0 Å². The van der Waals surface area contributed by atoms with Gasteiger partial charge in [0.1, 0.15) is 30.5 Å². The number of aromatic nitrogens is 20. The van der Waals surface area contributed by atoms with Gasteiger partial charge < -0.3 is 13.5 Å². The average Bonchev–Trinajstić information content (AvgIpc) is 1.61. The van der Waals surface area contributed by atoms with Crippen LogP contribution in [-0.2, 0) is 14.0 Å². The molecule has 0 aliphatic heterocycles. The first-order chi connectivity index (χ1) is 49.1. The van der Waals surface area contributed by atoms with E-state index in [2.05, 4.69) is 123 Å². The molecule has 101 heavy (non-hydrogen) atoms. The molecule has 14 aromatic rings. The number of thioether (sulfide) groups is 6. The van der Waals surface area contributed by atoms with E-state index in [0.29, 0.717) is 47.9 Å². The molecule has 516 valence electrons. The molecule has 0 spiro atoms. The highest BCUT2D eigenvalue weighted by molar-refractivity contribution is 14.1. The van der Waals surface area contributed by atoms with E-state index in [4.69, 9.17) is 54.8 Å². The third-order valence-corrected chi connectivity index (χ3v) is 19.5. The van der Waals surface area contributed by atoms with Crippen LogP contribution in [0.3, 0.4) is 0 Å². The number of fused-ring (bicyclic) bond motifs is 6. The van der Waals surface area contributed by atoms with Crippen LogP contribution in [0.25, 0.3) is 55.6 Å². The fourth-order valence-electron chi connectivity index (χ4n) is 9.13. The van der Waals surface area contributed by atoms with Gasteiger partial charge in [-0.2, -0.15) is 0 Å². The van der Waals surface area contributed by atoms with Gasteiger partial charge in [0.05, 0.1) is 77.7 Å². The SMILES string of the molecule is COSc1nccc(-c2c3cccnc3n3c(SOC)nccc23)n1.CSc1nccc(-c2c3cccnc3n3c(SC)nccc23)n1.CSc1nccc(C(O)(c2ccnc(SC)n2)c2cccnc2Cl)n1.CSc1nccc(Cl)n1.CSc1nccc(I)n1.O=C(Cl)c1cccnc1Cl. The standard InChI is InChI=1S/C16H14ClN5OS2.C16H13N5O2S2.C16H13N5S2.C6H3Cl2NO.C5H5ClN2S.C5H5IN2S/c1-24-14-19-8-5-11(21-14)16(23,10-4-3-7-18-13(10)17)12-6-9-20-15(22-12)25-2;1-22-24-15-18-8-5-11(20-15)13-10-4-3-7-17-14(10)21-12(13)6-9-19-16(21)25-23-2;1-22-15-18-8-5-11(20-15)13-10-4-3-7-17-14(10)21-12(13)6-9-19-16(21)23-2;7-5-4(6(8)10)2-1-3-9-5;2*1-9-5-7-3-2-4(6)8-5/h3-9,23H,1-2H3;3-9H,1-2H3;3-9H,1-2H3;1-3H;2*2-3H,1H3. The quantitative estimate of drug-likeness (QED) is 0.0179. The largest absolute Gasteiger partial charge is 0.373 e. The lowest BCUT2D eigenvalue weighted by Gasteiger charge is -2.28. The Kier molecular flexibility index (Phi) is 30.4. The number of rotatable bonds is 16. The summed E-state index contributed by atoms with van der Waals surface area (Å²) in [7, 11) is 3.21. The maximum Gasteiger partial charge on any atom is 0.255 e. The maximum absolute atomic E-state index is 11.7. The molecule has 0 unspecified atom stereocenters. The van der Waals surface area contributed by atoms with Gasteiger partial charge in [0.25, 0.3) is 5.24 Å². The minimum absolute atomic E-state index is 0.141. The predicted octanol–water partition coefficient (Wildman–Crippen LogP) is 16.2. The Morgan fingerprint density at radius 3 is 1.33 bits per heavy atom. The number of hydrogen-bond donors (Lipinski definition) is 1. The van der Waals surface area contributed by atoms with Crippen LogP contribution in [0.4, 0.5) is 0 Å². The molecular weight excluding hydrogens is 1640 g/mol. The summed E-state index contributed by atoms with van der Waals surface area (Å²) in [6.07, 6.45) is 31.9. The number of halogens is 5. The van der Waals surface area contributed by atoms with Crippen LogP contribution in [0, 0.1) is 3.70 Å².